The van der Waals surface area contributed by atoms with E-state index in [0.29, 0.717) is 0 Å². The number of rotatable bonds is 2. The molecule has 0 aromatic rings. The predicted octanol–water partition coefficient (Wildman–Crippen LogP) is 1.64. The third-order valence-corrected chi connectivity index (χ3v) is 0.518. The predicted molar refractivity (Wildman–Crippen MR) is 37.5 cm³/mol. The van der Waals surface area contributed by atoms with E-state index in [1.165, 1.54) is 6.34 Å². The van der Waals surface area contributed by atoms with Crippen molar-refractivity contribution in [2.75, 3.05) is 0 Å². The third-order valence-electron chi connectivity index (χ3n) is 0.518. The minimum Gasteiger partial charge on any atom is -0.250 e. The van der Waals surface area contributed by atoms with E-state index in [1.54, 1.807) is 12.4 Å². The minimum absolute atomic E-state index is 1.50. The fourth-order valence-electron chi connectivity index (χ4n) is 0.230. The molecule has 0 radical (unpaired) electrons. The fraction of sp³-hybridized carbons (Fsp3) is 0.333. The molecule has 0 aliphatic rings. The quantitative estimate of drug-likeness (QED) is 0.381. The van der Waals surface area contributed by atoms with Crippen LogP contribution in [0.2, 0.25) is 0 Å². The van der Waals surface area contributed by atoms with E-state index in [2.05, 4.69) is 9.98 Å². The molecule has 0 aliphatic heterocycles. The van der Waals surface area contributed by atoms with Gasteiger partial charge in [0.2, 0.25) is 0 Å². The molecule has 0 aromatic heterocycles. The molecule has 8 heavy (non-hydrogen) atoms. The van der Waals surface area contributed by atoms with Gasteiger partial charge in [-0.15, -0.1) is 0 Å². The van der Waals surface area contributed by atoms with Crippen LogP contribution in [0.5, 0.6) is 0 Å². The molecule has 2 heteroatoms. The molecular weight excluding hydrogens is 100 g/mol. The Morgan fingerprint density at radius 3 is 2.38 bits per heavy atom. The molecule has 44 valence electrons. The molecule has 0 rings (SSSR count). The zero-order valence-electron chi connectivity index (χ0n) is 5.20. The van der Waals surface area contributed by atoms with Crippen molar-refractivity contribution in [1.82, 2.24) is 0 Å². The lowest BCUT2D eigenvalue weighted by Crippen LogP contribution is -1.62. The molecule has 0 aliphatic carbocycles. The van der Waals surface area contributed by atoms with Crippen molar-refractivity contribution in [2.24, 2.45) is 9.98 Å². The highest BCUT2D eigenvalue weighted by Gasteiger charge is 1.55. The molecule has 0 saturated heterocycles. The lowest BCUT2D eigenvalue weighted by atomic mass is 10.7. The van der Waals surface area contributed by atoms with Crippen LogP contribution in [0.3, 0.4) is 0 Å². The van der Waals surface area contributed by atoms with Gasteiger partial charge in [0.25, 0.3) is 0 Å². The van der Waals surface area contributed by atoms with Crippen LogP contribution in [-0.2, 0) is 0 Å². The van der Waals surface area contributed by atoms with Gasteiger partial charge < -0.3 is 0 Å². The van der Waals surface area contributed by atoms with Crippen molar-refractivity contribution in [3.8, 4) is 0 Å². The summed E-state index contributed by atoms with van der Waals surface area (Å²) in [6, 6.07) is 0. The summed E-state index contributed by atoms with van der Waals surface area (Å²) in [5.41, 5.74) is 0. The van der Waals surface area contributed by atoms with Crippen molar-refractivity contribution in [3.63, 3.8) is 0 Å². The largest absolute Gasteiger partial charge is 0.250 e. The first-order chi connectivity index (χ1) is 3.91. The van der Waals surface area contributed by atoms with Gasteiger partial charge in [-0.25, -0.2) is 9.98 Å². The van der Waals surface area contributed by atoms with Crippen molar-refractivity contribution >= 4 is 12.6 Å². The van der Waals surface area contributed by atoms with Gasteiger partial charge >= 0.3 is 0 Å². The Hall–Kier alpha value is -0.920. The smallest absolute Gasteiger partial charge is 0.114 e. The molecule has 0 aromatic carbocycles. The zero-order chi connectivity index (χ0) is 6.24. The Morgan fingerprint density at radius 1 is 1.12 bits per heavy atom. The van der Waals surface area contributed by atoms with Gasteiger partial charge in [0, 0.05) is 12.4 Å². The lowest BCUT2D eigenvalue weighted by Gasteiger charge is -1.69. The molecule has 0 fully saturated rings. The summed E-state index contributed by atoms with van der Waals surface area (Å²) < 4.78 is 0. The van der Waals surface area contributed by atoms with Crippen LogP contribution in [0, 0.1) is 0 Å². The summed E-state index contributed by atoms with van der Waals surface area (Å²) in [6.07, 6.45) is 6.72. The highest BCUT2D eigenvalue weighted by atomic mass is 14.8. The summed E-state index contributed by atoms with van der Waals surface area (Å²) in [5, 5.41) is 0. The van der Waals surface area contributed by atoms with Gasteiger partial charge in [-0.2, -0.15) is 0 Å². The van der Waals surface area contributed by atoms with Crippen molar-refractivity contribution in [1.29, 1.82) is 0 Å². The summed E-state index contributed by atoms with van der Waals surface area (Å²) in [5.74, 6) is 0. The SMILES string of the molecule is C\C=N/C=N\C=C\C. The second-order valence-corrected chi connectivity index (χ2v) is 1.15. The second-order valence-electron chi connectivity index (χ2n) is 1.15. The van der Waals surface area contributed by atoms with Crippen LogP contribution in [0.15, 0.2) is 22.3 Å². The Morgan fingerprint density at radius 2 is 1.88 bits per heavy atom. The van der Waals surface area contributed by atoms with E-state index < -0.39 is 0 Å². The van der Waals surface area contributed by atoms with Crippen LogP contribution in [0.25, 0.3) is 0 Å². The Balaban J connectivity index is 3.35. The van der Waals surface area contributed by atoms with Gasteiger partial charge in [-0.1, -0.05) is 6.08 Å². The first-order valence-corrected chi connectivity index (χ1v) is 2.52. The third kappa shape index (κ3) is 5.08. The topological polar surface area (TPSA) is 24.7 Å². The van der Waals surface area contributed by atoms with Gasteiger partial charge in [0.15, 0.2) is 0 Å². The van der Waals surface area contributed by atoms with E-state index in [4.69, 9.17) is 0 Å². The van der Waals surface area contributed by atoms with Crippen LogP contribution in [-0.4, -0.2) is 12.6 Å². The molecule has 0 unspecified atom stereocenters. The fourth-order valence-corrected chi connectivity index (χ4v) is 0.230. The highest BCUT2D eigenvalue weighted by Crippen LogP contribution is 1.69. The summed E-state index contributed by atoms with van der Waals surface area (Å²) >= 11 is 0. The number of hydrogen-bond donors (Lipinski definition) is 0. The molecule has 0 bridgehead atoms. The van der Waals surface area contributed by atoms with E-state index >= 15 is 0 Å². The molecule has 0 N–H and O–H groups in total. The number of hydrogen-bond acceptors (Lipinski definition) is 1. The maximum absolute atomic E-state index is 3.78. The van der Waals surface area contributed by atoms with Crippen molar-refractivity contribution < 1.29 is 0 Å². The van der Waals surface area contributed by atoms with Gasteiger partial charge in [-0.3, -0.25) is 0 Å². The monoisotopic (exact) mass is 110 g/mol. The first-order valence-electron chi connectivity index (χ1n) is 2.52. The Labute approximate surface area is 49.7 Å². The number of nitrogens with zero attached hydrogens (tertiary/aromatic N) is 2. The molecular formula is C6H10N2. The lowest BCUT2D eigenvalue weighted by molar-refractivity contribution is 1.52. The summed E-state index contributed by atoms with van der Waals surface area (Å²) in [4.78, 5) is 7.52. The van der Waals surface area contributed by atoms with Crippen molar-refractivity contribution in [2.45, 2.75) is 13.8 Å². The van der Waals surface area contributed by atoms with E-state index in [1.807, 2.05) is 19.9 Å². The normalized spacial score (nSPS) is 12.8. The molecule has 0 heterocycles. The minimum atomic E-state index is 1.50. The second kappa shape index (κ2) is 6.08. The zero-order valence-corrected chi connectivity index (χ0v) is 5.20. The van der Waals surface area contributed by atoms with Crippen LogP contribution in [0.1, 0.15) is 13.8 Å². The highest BCUT2D eigenvalue weighted by molar-refractivity contribution is 5.70. The first kappa shape index (κ1) is 7.08. The van der Waals surface area contributed by atoms with Gasteiger partial charge in [-0.05, 0) is 13.8 Å². The summed E-state index contributed by atoms with van der Waals surface area (Å²) in [6.45, 7) is 3.76. The van der Waals surface area contributed by atoms with Crippen molar-refractivity contribution in [3.05, 3.63) is 12.3 Å². The Kier molecular flexibility index (Phi) is 5.38. The molecule has 2 nitrogen and oxygen atoms in total. The molecule has 0 saturated carbocycles. The average Bonchev–Trinajstić information content (AvgIpc) is 1.81. The molecule has 0 spiro atoms. The maximum atomic E-state index is 3.78. The number of aliphatic imine (C=N–C) groups is 2. The maximum Gasteiger partial charge on any atom is 0.114 e. The summed E-state index contributed by atoms with van der Waals surface area (Å²) in [7, 11) is 0. The Bertz CT molecular complexity index is 97.7. The molecule has 0 atom stereocenters. The van der Waals surface area contributed by atoms with Gasteiger partial charge in [0.1, 0.15) is 6.34 Å². The average molecular weight is 110 g/mol. The van der Waals surface area contributed by atoms with Crippen LogP contribution >= 0.6 is 0 Å². The van der Waals surface area contributed by atoms with E-state index in [9.17, 15) is 0 Å². The van der Waals surface area contributed by atoms with Crippen LogP contribution in [0.4, 0.5) is 0 Å². The van der Waals surface area contributed by atoms with Crippen LogP contribution < -0.4 is 0 Å². The van der Waals surface area contributed by atoms with Gasteiger partial charge in [0.05, 0.1) is 0 Å². The number of allylic oxidation sites excluding steroid dienone is 1. The van der Waals surface area contributed by atoms with E-state index in [-0.39, 0.29) is 0 Å². The molecule has 0 amide bonds. The standard InChI is InChI=1S/C6H10N2/c1-3-5-8-6-7-4-2/h3-6H,1-2H3/b5-3+,7-4-,8-6-. The van der Waals surface area contributed by atoms with E-state index in [0.717, 1.165) is 0 Å².